The second kappa shape index (κ2) is 7.35. The number of halogens is 4. The summed E-state index contributed by atoms with van der Waals surface area (Å²) >= 11 is 20.2. The number of anilines is 1. The quantitative estimate of drug-likeness (QED) is 0.226. The van der Waals surface area contributed by atoms with E-state index in [0.29, 0.717) is 16.8 Å². The SMILES string of the molecule is CN1C(=O)[C@@](C(=O)OC(C)(C)C(Cl)(Cl)Cl)(c2ccccc2)c2cc(I)ccc21. The summed E-state index contributed by atoms with van der Waals surface area (Å²) in [4.78, 5) is 28.6. The van der Waals surface area contributed by atoms with Crippen LogP contribution in [0.1, 0.15) is 25.0 Å². The number of likely N-dealkylation sites (N-methyl/N-ethyl adjacent to an activating group) is 1. The molecule has 0 fully saturated rings. The number of carbonyl (C=O) groups is 2. The average molecular weight is 553 g/mol. The van der Waals surface area contributed by atoms with Crippen LogP contribution in [0.5, 0.6) is 0 Å². The van der Waals surface area contributed by atoms with Gasteiger partial charge in [0.25, 0.3) is 5.91 Å². The van der Waals surface area contributed by atoms with Gasteiger partial charge in [0.15, 0.2) is 11.0 Å². The van der Waals surface area contributed by atoms with E-state index < -0.39 is 26.7 Å². The van der Waals surface area contributed by atoms with Crippen molar-refractivity contribution in [3.8, 4) is 0 Å². The average Bonchev–Trinajstić information content (AvgIpc) is 2.82. The summed E-state index contributed by atoms with van der Waals surface area (Å²) in [6.45, 7) is 2.99. The highest BCUT2D eigenvalue weighted by atomic mass is 127. The van der Waals surface area contributed by atoms with Crippen molar-refractivity contribution in [3.63, 3.8) is 0 Å². The van der Waals surface area contributed by atoms with E-state index in [4.69, 9.17) is 39.5 Å². The maximum Gasteiger partial charge on any atom is 0.331 e. The minimum absolute atomic E-state index is 0.416. The van der Waals surface area contributed by atoms with Gasteiger partial charge in [0, 0.05) is 21.9 Å². The summed E-state index contributed by atoms with van der Waals surface area (Å²) < 4.78 is 4.68. The van der Waals surface area contributed by atoms with Crippen LogP contribution in [0.2, 0.25) is 0 Å². The first kappa shape index (κ1) is 21.7. The van der Waals surface area contributed by atoms with Crippen LogP contribution in [-0.2, 0) is 19.7 Å². The number of carbonyl (C=O) groups excluding carboxylic acids is 2. The van der Waals surface area contributed by atoms with E-state index in [1.807, 2.05) is 24.3 Å². The largest absolute Gasteiger partial charge is 0.454 e. The first-order valence-electron chi connectivity index (χ1n) is 8.37. The normalized spacial score (nSPS) is 19.5. The number of alkyl halides is 3. The number of nitrogens with zero attached hydrogens (tertiary/aromatic N) is 1. The number of amides is 1. The third kappa shape index (κ3) is 3.30. The van der Waals surface area contributed by atoms with Crippen LogP contribution in [0.4, 0.5) is 5.69 Å². The standard InChI is InChI=1S/C20H17Cl3INO3/c1-18(2,20(21,22)23)28-17(27)19(12-7-5-4-6-8-12)14-11-13(24)9-10-15(14)25(3)16(19)26/h4-11H,1-3H3/t19-/m1/s1. The fraction of sp³-hybridized carbons (Fsp3) is 0.300. The number of ether oxygens (including phenoxy) is 1. The van der Waals surface area contributed by atoms with E-state index in [-0.39, 0.29) is 0 Å². The lowest BCUT2D eigenvalue weighted by atomic mass is 9.75. The molecule has 0 saturated heterocycles. The van der Waals surface area contributed by atoms with Crippen LogP contribution in [0, 0.1) is 3.57 Å². The Bertz CT molecular complexity index is 943. The molecule has 0 N–H and O–H groups in total. The third-order valence-corrected chi connectivity index (χ3v) is 6.93. The fourth-order valence-corrected chi connectivity index (χ4v) is 3.83. The summed E-state index contributed by atoms with van der Waals surface area (Å²) in [6.07, 6.45) is 0. The number of benzene rings is 2. The van der Waals surface area contributed by atoms with Crippen molar-refractivity contribution < 1.29 is 14.3 Å². The second-order valence-corrected chi connectivity index (χ2v) is 10.6. The molecular weight excluding hydrogens is 535 g/mol. The van der Waals surface area contributed by atoms with Gasteiger partial charge >= 0.3 is 5.97 Å². The van der Waals surface area contributed by atoms with Gasteiger partial charge in [0.05, 0.1) is 0 Å². The Morgan fingerprint density at radius 1 is 1.11 bits per heavy atom. The Labute approximate surface area is 192 Å². The fourth-order valence-electron chi connectivity index (χ4n) is 3.23. The minimum atomic E-state index is -1.87. The lowest BCUT2D eigenvalue weighted by Gasteiger charge is -2.36. The van der Waals surface area contributed by atoms with Gasteiger partial charge in [-0.15, -0.1) is 0 Å². The molecule has 1 amide bonds. The zero-order valence-corrected chi connectivity index (χ0v) is 19.7. The highest BCUT2D eigenvalue weighted by Gasteiger charge is 2.60. The number of hydrogen-bond acceptors (Lipinski definition) is 3. The Kier molecular flexibility index (Phi) is 5.69. The van der Waals surface area contributed by atoms with Crippen molar-refractivity contribution in [1.29, 1.82) is 0 Å². The minimum Gasteiger partial charge on any atom is -0.454 e. The first-order chi connectivity index (χ1) is 12.9. The first-order valence-corrected chi connectivity index (χ1v) is 10.6. The van der Waals surface area contributed by atoms with Crippen LogP contribution in [-0.4, -0.2) is 28.3 Å². The van der Waals surface area contributed by atoms with Crippen molar-refractivity contribution in [2.45, 2.75) is 28.7 Å². The molecule has 0 bridgehead atoms. The maximum absolute atomic E-state index is 13.6. The molecule has 2 aromatic rings. The zero-order chi connectivity index (χ0) is 20.9. The van der Waals surface area contributed by atoms with Crippen molar-refractivity contribution >= 4 is 75.0 Å². The molecule has 1 atom stereocenters. The van der Waals surface area contributed by atoms with Crippen molar-refractivity contribution in [3.05, 3.63) is 63.2 Å². The van der Waals surface area contributed by atoms with Gasteiger partial charge in [-0.3, -0.25) is 9.59 Å². The molecule has 4 nitrogen and oxygen atoms in total. The Hall–Kier alpha value is -1.02. The summed E-state index contributed by atoms with van der Waals surface area (Å²) in [5, 5.41) is 0. The molecule has 8 heteroatoms. The van der Waals surface area contributed by atoms with Crippen molar-refractivity contribution in [2.24, 2.45) is 0 Å². The van der Waals surface area contributed by atoms with Crippen LogP contribution < -0.4 is 4.90 Å². The van der Waals surface area contributed by atoms with Crippen molar-refractivity contribution in [2.75, 3.05) is 11.9 Å². The van der Waals surface area contributed by atoms with Gasteiger partial charge in [-0.25, -0.2) is 0 Å². The lowest BCUT2D eigenvalue weighted by Crippen LogP contribution is -2.52. The molecule has 28 heavy (non-hydrogen) atoms. The van der Waals surface area contributed by atoms with Gasteiger partial charge in [0.2, 0.25) is 3.79 Å². The van der Waals surface area contributed by atoms with Gasteiger partial charge in [-0.1, -0.05) is 65.1 Å². The van der Waals surface area contributed by atoms with Gasteiger partial charge in [0.1, 0.15) is 0 Å². The van der Waals surface area contributed by atoms with E-state index >= 15 is 0 Å². The van der Waals surface area contributed by atoms with E-state index in [2.05, 4.69) is 22.6 Å². The van der Waals surface area contributed by atoms with Crippen LogP contribution in [0.25, 0.3) is 0 Å². The number of rotatable bonds is 3. The van der Waals surface area contributed by atoms with E-state index in [0.717, 1.165) is 3.57 Å². The summed E-state index contributed by atoms with van der Waals surface area (Å²) in [5.74, 6) is -1.20. The molecule has 0 unspecified atom stereocenters. The molecule has 0 spiro atoms. The Morgan fingerprint density at radius 2 is 1.71 bits per heavy atom. The highest BCUT2D eigenvalue weighted by molar-refractivity contribution is 14.1. The molecule has 1 aliphatic heterocycles. The number of esters is 1. The number of hydrogen-bond donors (Lipinski definition) is 0. The van der Waals surface area contributed by atoms with Gasteiger partial charge in [-0.2, -0.15) is 0 Å². The van der Waals surface area contributed by atoms with Crippen molar-refractivity contribution in [1.82, 2.24) is 0 Å². The predicted octanol–water partition coefficient (Wildman–Crippen LogP) is 5.25. The smallest absolute Gasteiger partial charge is 0.331 e. The molecule has 0 aromatic heterocycles. The summed E-state index contributed by atoms with van der Waals surface area (Å²) in [6, 6.07) is 14.3. The van der Waals surface area contributed by atoms with Crippen LogP contribution in [0.15, 0.2) is 48.5 Å². The zero-order valence-electron chi connectivity index (χ0n) is 15.3. The molecule has 2 aromatic carbocycles. The van der Waals surface area contributed by atoms with Crippen LogP contribution in [0.3, 0.4) is 0 Å². The third-order valence-electron chi connectivity index (χ3n) is 4.89. The second-order valence-electron chi connectivity index (χ2n) is 7.04. The van der Waals surface area contributed by atoms with E-state index in [9.17, 15) is 9.59 Å². The molecule has 0 radical (unpaired) electrons. The maximum atomic E-state index is 13.6. The summed E-state index contributed by atoms with van der Waals surface area (Å²) in [7, 11) is 1.63. The van der Waals surface area contributed by atoms with Gasteiger partial charge < -0.3 is 9.64 Å². The molecule has 1 heterocycles. The molecule has 0 aliphatic carbocycles. The molecule has 3 rings (SSSR count). The molecule has 148 valence electrons. The Morgan fingerprint density at radius 3 is 2.29 bits per heavy atom. The van der Waals surface area contributed by atoms with E-state index in [1.165, 1.54) is 18.7 Å². The topological polar surface area (TPSA) is 46.6 Å². The number of fused-ring (bicyclic) bond motifs is 1. The molecule has 0 saturated carbocycles. The predicted molar refractivity (Wildman–Crippen MR) is 120 cm³/mol. The highest BCUT2D eigenvalue weighted by Crippen LogP contribution is 2.49. The Balaban J connectivity index is 2.27. The van der Waals surface area contributed by atoms with Gasteiger partial charge in [-0.05, 0) is 60.2 Å². The lowest BCUT2D eigenvalue weighted by molar-refractivity contribution is -0.163. The van der Waals surface area contributed by atoms with Crippen LogP contribution >= 0.6 is 57.4 Å². The molecular formula is C20H17Cl3INO3. The summed E-state index contributed by atoms with van der Waals surface area (Å²) in [5.41, 5.74) is -1.46. The monoisotopic (exact) mass is 551 g/mol. The molecule has 1 aliphatic rings. The van der Waals surface area contributed by atoms with E-state index in [1.54, 1.807) is 31.3 Å².